The van der Waals surface area contributed by atoms with Crippen LogP contribution in [0.5, 0.6) is 5.75 Å². The van der Waals surface area contributed by atoms with Gasteiger partial charge in [0.05, 0.1) is 15.1 Å². The van der Waals surface area contributed by atoms with E-state index in [1.165, 1.54) is 17.7 Å². The second-order valence-electron chi connectivity index (χ2n) is 5.89. The highest BCUT2D eigenvalue weighted by atomic mass is 35.5. The summed E-state index contributed by atoms with van der Waals surface area (Å²) in [5.74, 6) is 0.123. The third-order valence-corrected chi connectivity index (χ3v) is 4.76. The van der Waals surface area contributed by atoms with Gasteiger partial charge in [-0.25, -0.2) is 0 Å². The van der Waals surface area contributed by atoms with E-state index in [1.807, 2.05) is 25.1 Å². The van der Waals surface area contributed by atoms with Crippen molar-refractivity contribution < 1.29 is 9.53 Å². The summed E-state index contributed by atoms with van der Waals surface area (Å²) in [6.07, 6.45) is 1.04. The number of amides is 1. The quantitative estimate of drug-likeness (QED) is 0.619. The number of rotatable bonds is 7. The Kier molecular flexibility index (Phi) is 7.42. The minimum atomic E-state index is -0.700. The fraction of sp³-hybridized carbons (Fsp3) is 0.316. The summed E-state index contributed by atoms with van der Waals surface area (Å²) in [4.78, 5) is 12.3. The van der Waals surface area contributed by atoms with Crippen molar-refractivity contribution in [1.82, 2.24) is 5.32 Å². The van der Waals surface area contributed by atoms with Crippen LogP contribution in [0.2, 0.25) is 15.1 Å². The Morgan fingerprint density at radius 2 is 1.68 bits per heavy atom. The third kappa shape index (κ3) is 6.10. The molecule has 0 saturated heterocycles. The van der Waals surface area contributed by atoms with Crippen LogP contribution in [0.15, 0.2) is 42.5 Å². The molecule has 2 atom stereocenters. The Bertz CT molecular complexity index is 722. The molecule has 0 aliphatic heterocycles. The molecular formula is C19H20Cl3NO2. The molecule has 3 nitrogen and oxygen atoms in total. The molecule has 0 heterocycles. The zero-order valence-electron chi connectivity index (χ0n) is 14.1. The predicted molar refractivity (Wildman–Crippen MR) is 104 cm³/mol. The molecule has 6 heteroatoms. The van der Waals surface area contributed by atoms with E-state index >= 15 is 0 Å². The van der Waals surface area contributed by atoms with Crippen molar-refractivity contribution in [1.29, 1.82) is 0 Å². The smallest absolute Gasteiger partial charge is 0.260 e. The Morgan fingerprint density at radius 3 is 2.36 bits per heavy atom. The maximum absolute atomic E-state index is 12.3. The molecule has 2 aromatic rings. The highest BCUT2D eigenvalue weighted by Crippen LogP contribution is 2.34. The molecule has 134 valence electrons. The van der Waals surface area contributed by atoms with Crippen LogP contribution in [0.3, 0.4) is 0 Å². The first kappa shape index (κ1) is 19.9. The molecule has 0 spiro atoms. The molecule has 0 radical (unpaired) electrons. The zero-order valence-corrected chi connectivity index (χ0v) is 16.3. The van der Waals surface area contributed by atoms with E-state index in [4.69, 9.17) is 39.5 Å². The van der Waals surface area contributed by atoms with Crippen LogP contribution >= 0.6 is 34.8 Å². The molecule has 1 N–H and O–H groups in total. The highest BCUT2D eigenvalue weighted by Gasteiger charge is 2.19. The number of benzene rings is 2. The van der Waals surface area contributed by atoms with Gasteiger partial charge in [-0.05, 0) is 38.3 Å². The standard InChI is InChI=1S/C19H20Cl3NO2/c1-12(8-9-14-6-4-3-5-7-14)23-19(24)13(2)25-18-11-16(21)15(20)10-17(18)22/h3-7,10-13H,8-9H2,1-2H3,(H,23,24)/t12-,13+/m0/s1. The number of hydrogen-bond acceptors (Lipinski definition) is 2. The van der Waals surface area contributed by atoms with Gasteiger partial charge in [-0.2, -0.15) is 0 Å². The van der Waals surface area contributed by atoms with Crippen LogP contribution in [-0.2, 0) is 11.2 Å². The van der Waals surface area contributed by atoms with Crippen molar-refractivity contribution in [2.24, 2.45) is 0 Å². The summed E-state index contributed by atoms with van der Waals surface area (Å²) in [6, 6.07) is 13.2. The number of aryl methyl sites for hydroxylation is 1. The SMILES string of the molecule is C[C@@H](CCc1ccccc1)NC(=O)[C@@H](C)Oc1cc(Cl)c(Cl)cc1Cl. The summed E-state index contributed by atoms with van der Waals surface area (Å²) in [5.41, 5.74) is 1.25. The van der Waals surface area contributed by atoms with Crippen LogP contribution in [0.4, 0.5) is 0 Å². The molecule has 2 rings (SSSR count). The van der Waals surface area contributed by atoms with Crippen LogP contribution in [0.25, 0.3) is 0 Å². The minimum absolute atomic E-state index is 0.0306. The lowest BCUT2D eigenvalue weighted by molar-refractivity contribution is -0.127. The average Bonchev–Trinajstić information content (AvgIpc) is 2.58. The van der Waals surface area contributed by atoms with E-state index in [9.17, 15) is 4.79 Å². The summed E-state index contributed by atoms with van der Waals surface area (Å²) < 4.78 is 5.62. The lowest BCUT2D eigenvalue weighted by Gasteiger charge is -2.19. The van der Waals surface area contributed by atoms with Gasteiger partial charge < -0.3 is 10.1 Å². The fourth-order valence-electron chi connectivity index (χ4n) is 2.30. The first-order chi connectivity index (χ1) is 11.9. The molecule has 0 saturated carbocycles. The van der Waals surface area contributed by atoms with Crippen LogP contribution < -0.4 is 10.1 Å². The van der Waals surface area contributed by atoms with Gasteiger partial charge in [-0.3, -0.25) is 4.79 Å². The predicted octanol–water partition coefficient (Wildman–Crippen LogP) is 5.55. The number of halogens is 3. The molecule has 0 fully saturated rings. The fourth-order valence-corrected chi connectivity index (χ4v) is 2.88. The molecule has 0 aromatic heterocycles. The van der Waals surface area contributed by atoms with Gasteiger partial charge in [-0.1, -0.05) is 65.1 Å². The lowest BCUT2D eigenvalue weighted by Crippen LogP contribution is -2.41. The van der Waals surface area contributed by atoms with Gasteiger partial charge in [0.15, 0.2) is 6.10 Å². The molecule has 0 unspecified atom stereocenters. The van der Waals surface area contributed by atoms with Crippen molar-refractivity contribution in [2.45, 2.75) is 38.8 Å². The van der Waals surface area contributed by atoms with E-state index in [2.05, 4.69) is 17.4 Å². The van der Waals surface area contributed by atoms with E-state index in [0.717, 1.165) is 12.8 Å². The number of carbonyl (C=O) groups is 1. The second-order valence-corrected chi connectivity index (χ2v) is 7.11. The maximum atomic E-state index is 12.3. The minimum Gasteiger partial charge on any atom is -0.479 e. The van der Waals surface area contributed by atoms with E-state index in [0.29, 0.717) is 20.8 Å². The maximum Gasteiger partial charge on any atom is 0.260 e. The summed E-state index contributed by atoms with van der Waals surface area (Å²) >= 11 is 17.9. The van der Waals surface area contributed by atoms with E-state index in [-0.39, 0.29) is 11.9 Å². The summed E-state index contributed by atoms with van der Waals surface area (Å²) in [7, 11) is 0. The second kappa shape index (κ2) is 9.33. The largest absolute Gasteiger partial charge is 0.479 e. The third-order valence-electron chi connectivity index (χ3n) is 3.75. The van der Waals surface area contributed by atoms with Crippen molar-refractivity contribution in [3.05, 3.63) is 63.1 Å². The monoisotopic (exact) mass is 399 g/mol. The number of nitrogens with one attached hydrogen (secondary N) is 1. The van der Waals surface area contributed by atoms with Crippen molar-refractivity contribution in [3.8, 4) is 5.75 Å². The number of ether oxygens (including phenoxy) is 1. The number of hydrogen-bond donors (Lipinski definition) is 1. The van der Waals surface area contributed by atoms with Gasteiger partial charge in [0.2, 0.25) is 0 Å². The summed E-state index contributed by atoms with van der Waals surface area (Å²) in [5, 5.41) is 3.92. The highest BCUT2D eigenvalue weighted by molar-refractivity contribution is 6.43. The Hall–Kier alpha value is -1.42. The van der Waals surface area contributed by atoms with Crippen LogP contribution in [0, 0.1) is 0 Å². The Morgan fingerprint density at radius 1 is 1.04 bits per heavy atom. The molecule has 0 aliphatic rings. The molecule has 25 heavy (non-hydrogen) atoms. The van der Waals surface area contributed by atoms with Crippen LogP contribution in [-0.4, -0.2) is 18.1 Å². The average molecular weight is 401 g/mol. The number of carbonyl (C=O) groups excluding carboxylic acids is 1. The Balaban J connectivity index is 1.86. The van der Waals surface area contributed by atoms with Gasteiger partial charge in [-0.15, -0.1) is 0 Å². The van der Waals surface area contributed by atoms with Gasteiger partial charge in [0.25, 0.3) is 5.91 Å². The van der Waals surface area contributed by atoms with Crippen molar-refractivity contribution in [3.63, 3.8) is 0 Å². The van der Waals surface area contributed by atoms with Gasteiger partial charge >= 0.3 is 0 Å². The topological polar surface area (TPSA) is 38.3 Å². The Labute approximate surface area is 163 Å². The first-order valence-corrected chi connectivity index (χ1v) is 9.15. The normalized spacial score (nSPS) is 13.2. The summed E-state index contributed by atoms with van der Waals surface area (Å²) in [6.45, 7) is 3.64. The zero-order chi connectivity index (χ0) is 18.4. The van der Waals surface area contributed by atoms with Gasteiger partial charge in [0, 0.05) is 12.1 Å². The van der Waals surface area contributed by atoms with E-state index in [1.54, 1.807) is 6.92 Å². The van der Waals surface area contributed by atoms with E-state index < -0.39 is 6.10 Å². The molecular weight excluding hydrogens is 381 g/mol. The van der Waals surface area contributed by atoms with Crippen molar-refractivity contribution >= 4 is 40.7 Å². The molecule has 0 bridgehead atoms. The molecule has 1 amide bonds. The van der Waals surface area contributed by atoms with Crippen molar-refractivity contribution in [2.75, 3.05) is 0 Å². The first-order valence-electron chi connectivity index (χ1n) is 8.02. The van der Waals surface area contributed by atoms with Gasteiger partial charge in [0.1, 0.15) is 5.75 Å². The molecule has 2 aromatic carbocycles. The lowest BCUT2D eigenvalue weighted by atomic mass is 10.1. The van der Waals surface area contributed by atoms with Crippen LogP contribution in [0.1, 0.15) is 25.8 Å². The molecule has 0 aliphatic carbocycles.